The standard InChI is InChI=1S/C14H19BrClNS/c1-17-12(13-7-11(16)14(15)18-13)6-10-5-8-2-3-9(10)4-8/h7-10,12,17H,2-6H2,1H3. The van der Waals surface area contributed by atoms with Gasteiger partial charge in [-0.2, -0.15) is 0 Å². The zero-order chi connectivity index (χ0) is 12.7. The van der Waals surface area contributed by atoms with E-state index in [1.54, 1.807) is 11.3 Å². The van der Waals surface area contributed by atoms with Crippen LogP contribution in [0.2, 0.25) is 5.02 Å². The van der Waals surface area contributed by atoms with Crippen molar-refractivity contribution in [1.29, 1.82) is 0 Å². The summed E-state index contributed by atoms with van der Waals surface area (Å²) in [6.45, 7) is 0. The molecule has 2 aliphatic carbocycles. The molecule has 3 rings (SSSR count). The molecule has 2 bridgehead atoms. The Labute approximate surface area is 126 Å². The zero-order valence-corrected chi connectivity index (χ0v) is 13.7. The fourth-order valence-electron chi connectivity index (χ4n) is 3.88. The first-order chi connectivity index (χ1) is 8.67. The Balaban J connectivity index is 1.69. The largest absolute Gasteiger partial charge is 0.312 e. The summed E-state index contributed by atoms with van der Waals surface area (Å²) in [6.07, 6.45) is 7.20. The molecule has 1 nitrogen and oxygen atoms in total. The highest BCUT2D eigenvalue weighted by atomic mass is 79.9. The molecule has 1 aromatic heterocycles. The maximum Gasteiger partial charge on any atom is 0.0887 e. The monoisotopic (exact) mass is 347 g/mol. The second-order valence-electron chi connectivity index (χ2n) is 5.78. The van der Waals surface area contributed by atoms with E-state index in [1.807, 2.05) is 0 Å². The summed E-state index contributed by atoms with van der Waals surface area (Å²) in [5, 5.41) is 4.33. The predicted octanol–water partition coefficient (Wildman–Crippen LogP) is 5.25. The van der Waals surface area contributed by atoms with Gasteiger partial charge in [-0.3, -0.25) is 0 Å². The van der Waals surface area contributed by atoms with Crippen LogP contribution < -0.4 is 5.32 Å². The van der Waals surface area contributed by atoms with E-state index in [-0.39, 0.29) is 0 Å². The number of nitrogens with one attached hydrogen (secondary N) is 1. The van der Waals surface area contributed by atoms with Crippen molar-refractivity contribution >= 4 is 38.9 Å². The summed E-state index contributed by atoms with van der Waals surface area (Å²) in [4.78, 5) is 1.37. The Bertz CT molecular complexity index is 414. The predicted molar refractivity (Wildman–Crippen MR) is 82.4 cm³/mol. The number of halogens is 2. The third-order valence-electron chi connectivity index (χ3n) is 4.78. The molecule has 0 spiro atoms. The molecule has 4 heteroatoms. The maximum atomic E-state index is 6.15. The Morgan fingerprint density at radius 3 is 2.83 bits per heavy atom. The molecule has 100 valence electrons. The van der Waals surface area contributed by atoms with Crippen molar-refractivity contribution in [3.05, 3.63) is 19.8 Å². The van der Waals surface area contributed by atoms with E-state index in [2.05, 4.69) is 34.4 Å². The molecular weight excluding hydrogens is 330 g/mol. The second kappa shape index (κ2) is 5.43. The van der Waals surface area contributed by atoms with Crippen LogP contribution in [0.1, 0.15) is 43.0 Å². The average molecular weight is 349 g/mol. The maximum absolute atomic E-state index is 6.15. The molecule has 0 amide bonds. The van der Waals surface area contributed by atoms with Crippen LogP contribution in [0, 0.1) is 17.8 Å². The molecule has 4 unspecified atom stereocenters. The van der Waals surface area contributed by atoms with Gasteiger partial charge < -0.3 is 5.32 Å². The van der Waals surface area contributed by atoms with Gasteiger partial charge in [0, 0.05) is 10.9 Å². The van der Waals surface area contributed by atoms with Gasteiger partial charge in [0.2, 0.25) is 0 Å². The van der Waals surface area contributed by atoms with Crippen LogP contribution in [0.15, 0.2) is 9.85 Å². The Morgan fingerprint density at radius 2 is 2.33 bits per heavy atom. The molecule has 2 fully saturated rings. The lowest BCUT2D eigenvalue weighted by Crippen LogP contribution is -2.21. The summed E-state index contributed by atoms with van der Waals surface area (Å²) in [6, 6.07) is 2.59. The summed E-state index contributed by atoms with van der Waals surface area (Å²) in [7, 11) is 2.07. The number of hydrogen-bond donors (Lipinski definition) is 1. The first-order valence-corrected chi connectivity index (χ1v) is 8.78. The molecule has 2 aliphatic rings. The molecule has 0 aromatic carbocycles. The topological polar surface area (TPSA) is 12.0 Å². The van der Waals surface area contributed by atoms with E-state index in [0.717, 1.165) is 26.6 Å². The van der Waals surface area contributed by atoms with Crippen LogP contribution in [-0.4, -0.2) is 7.05 Å². The van der Waals surface area contributed by atoms with E-state index < -0.39 is 0 Å². The molecule has 0 radical (unpaired) electrons. The van der Waals surface area contributed by atoms with E-state index in [4.69, 9.17) is 11.6 Å². The third-order valence-corrected chi connectivity index (χ3v) is 7.37. The zero-order valence-electron chi connectivity index (χ0n) is 10.6. The quantitative estimate of drug-likeness (QED) is 0.783. The number of thiophene rings is 1. The Kier molecular flexibility index (Phi) is 4.05. The molecule has 1 N–H and O–H groups in total. The van der Waals surface area contributed by atoms with Crippen LogP contribution in [-0.2, 0) is 0 Å². The SMILES string of the molecule is CNC(CC1CC2CCC1C2)c1cc(Cl)c(Br)s1. The van der Waals surface area contributed by atoms with Gasteiger partial charge in [-0.1, -0.05) is 18.0 Å². The summed E-state index contributed by atoms with van der Waals surface area (Å²) < 4.78 is 1.06. The average Bonchev–Trinajstić information content (AvgIpc) is 3.03. The minimum Gasteiger partial charge on any atom is -0.312 e. The summed E-state index contributed by atoms with van der Waals surface area (Å²) in [5.74, 6) is 2.97. The van der Waals surface area contributed by atoms with Crippen LogP contribution >= 0.6 is 38.9 Å². The normalized spacial score (nSPS) is 32.1. The first-order valence-electron chi connectivity index (χ1n) is 6.79. The van der Waals surface area contributed by atoms with Gasteiger partial charge in [-0.25, -0.2) is 0 Å². The Morgan fingerprint density at radius 1 is 1.50 bits per heavy atom. The first kappa shape index (κ1) is 13.4. The van der Waals surface area contributed by atoms with Crippen molar-refractivity contribution in [2.45, 2.75) is 38.1 Å². The van der Waals surface area contributed by atoms with E-state index in [9.17, 15) is 0 Å². The van der Waals surface area contributed by atoms with Crippen molar-refractivity contribution in [3.63, 3.8) is 0 Å². The molecule has 0 aliphatic heterocycles. The molecule has 1 heterocycles. The Hall–Kier alpha value is 0.430. The smallest absolute Gasteiger partial charge is 0.0887 e. The van der Waals surface area contributed by atoms with Gasteiger partial charge in [0.1, 0.15) is 0 Å². The van der Waals surface area contributed by atoms with E-state index in [0.29, 0.717) is 6.04 Å². The lowest BCUT2D eigenvalue weighted by atomic mass is 9.84. The van der Waals surface area contributed by atoms with Crippen LogP contribution in [0.5, 0.6) is 0 Å². The van der Waals surface area contributed by atoms with Gasteiger partial charge in [0.25, 0.3) is 0 Å². The second-order valence-corrected chi connectivity index (χ2v) is 8.59. The highest BCUT2D eigenvalue weighted by Crippen LogP contribution is 2.51. The van der Waals surface area contributed by atoms with Gasteiger partial charge in [-0.05, 0) is 72.5 Å². The number of fused-ring (bicyclic) bond motifs is 2. The van der Waals surface area contributed by atoms with Crippen molar-refractivity contribution < 1.29 is 0 Å². The van der Waals surface area contributed by atoms with Crippen molar-refractivity contribution in [2.24, 2.45) is 17.8 Å². The molecular formula is C14H19BrClNS. The number of rotatable bonds is 4. The van der Waals surface area contributed by atoms with Crippen LogP contribution in [0.4, 0.5) is 0 Å². The highest BCUT2D eigenvalue weighted by Gasteiger charge is 2.40. The van der Waals surface area contributed by atoms with Gasteiger partial charge in [0.05, 0.1) is 8.81 Å². The van der Waals surface area contributed by atoms with Crippen LogP contribution in [0.3, 0.4) is 0 Å². The summed E-state index contributed by atoms with van der Waals surface area (Å²) in [5.41, 5.74) is 0. The molecule has 4 atom stereocenters. The third kappa shape index (κ3) is 2.52. The minimum absolute atomic E-state index is 0.475. The lowest BCUT2D eigenvalue weighted by Gasteiger charge is -2.26. The van der Waals surface area contributed by atoms with Crippen LogP contribution in [0.25, 0.3) is 0 Å². The van der Waals surface area contributed by atoms with Gasteiger partial charge >= 0.3 is 0 Å². The highest BCUT2D eigenvalue weighted by molar-refractivity contribution is 9.11. The molecule has 1 aromatic rings. The van der Waals surface area contributed by atoms with E-state index >= 15 is 0 Å². The van der Waals surface area contributed by atoms with Gasteiger partial charge in [-0.15, -0.1) is 11.3 Å². The lowest BCUT2D eigenvalue weighted by molar-refractivity contribution is 0.285. The fraction of sp³-hybridized carbons (Fsp3) is 0.714. The van der Waals surface area contributed by atoms with E-state index in [1.165, 1.54) is 37.0 Å². The van der Waals surface area contributed by atoms with Crippen molar-refractivity contribution in [2.75, 3.05) is 7.05 Å². The summed E-state index contributed by atoms with van der Waals surface area (Å²) >= 11 is 11.4. The fourth-order valence-corrected chi connectivity index (χ4v) is 5.75. The molecule has 2 saturated carbocycles. The van der Waals surface area contributed by atoms with Crippen molar-refractivity contribution in [3.8, 4) is 0 Å². The molecule has 0 saturated heterocycles. The minimum atomic E-state index is 0.475. The molecule has 18 heavy (non-hydrogen) atoms. The van der Waals surface area contributed by atoms with Crippen molar-refractivity contribution in [1.82, 2.24) is 5.32 Å². The van der Waals surface area contributed by atoms with Gasteiger partial charge in [0.15, 0.2) is 0 Å². The number of hydrogen-bond acceptors (Lipinski definition) is 2.